The lowest BCUT2D eigenvalue weighted by Crippen LogP contribution is -2.19. The third-order valence-electron chi connectivity index (χ3n) is 3.52. The number of esters is 1. The Hall–Kier alpha value is -2.12. The zero-order valence-corrected chi connectivity index (χ0v) is 15.4. The van der Waals surface area contributed by atoms with Crippen molar-refractivity contribution in [2.75, 3.05) is 6.61 Å². The molecule has 0 saturated heterocycles. The van der Waals surface area contributed by atoms with E-state index >= 15 is 0 Å². The Kier molecular flexibility index (Phi) is 5.55. The first-order valence-corrected chi connectivity index (χ1v) is 9.19. The third-order valence-corrected chi connectivity index (χ3v) is 5.05. The molecule has 2 heterocycles. The van der Waals surface area contributed by atoms with Gasteiger partial charge in [-0.25, -0.2) is 0 Å². The Balaban J connectivity index is 1.92. The molecular weight excluding hydrogens is 360 g/mol. The summed E-state index contributed by atoms with van der Waals surface area (Å²) >= 11 is 7.32. The molecule has 0 bridgehead atoms. The van der Waals surface area contributed by atoms with E-state index in [4.69, 9.17) is 16.3 Å². The highest BCUT2D eigenvalue weighted by Gasteiger charge is 2.20. The first kappa shape index (κ1) is 17.7. The summed E-state index contributed by atoms with van der Waals surface area (Å²) in [6.07, 6.45) is 0.662. The van der Waals surface area contributed by atoms with Gasteiger partial charge in [-0.2, -0.15) is 9.61 Å². The number of carbonyl (C=O) groups is 1. The monoisotopic (exact) mass is 376 g/mol. The first-order valence-electron chi connectivity index (χ1n) is 7.94. The molecule has 0 amide bonds. The average Bonchev–Trinajstić information content (AvgIpc) is 3.03. The predicted molar refractivity (Wildman–Crippen MR) is 97.8 cm³/mol. The molecule has 130 valence electrons. The highest BCUT2D eigenvalue weighted by atomic mass is 35.5. The van der Waals surface area contributed by atoms with Gasteiger partial charge in [-0.1, -0.05) is 30.3 Å². The van der Waals surface area contributed by atoms with E-state index in [9.17, 15) is 4.79 Å². The van der Waals surface area contributed by atoms with E-state index < -0.39 is 0 Å². The van der Waals surface area contributed by atoms with Gasteiger partial charge in [-0.3, -0.25) is 4.79 Å². The number of halogens is 1. The van der Waals surface area contributed by atoms with E-state index in [1.165, 1.54) is 11.8 Å². The summed E-state index contributed by atoms with van der Waals surface area (Å²) < 4.78 is 6.78. The SMILES string of the molecule is CCOC(=O)C(CC)Sc1ccc2nnc(-c3ccc(Cl)cc3)n2n1. The smallest absolute Gasteiger partial charge is 0.319 e. The molecule has 1 atom stereocenters. The molecule has 0 aliphatic rings. The van der Waals surface area contributed by atoms with Crippen LogP contribution in [-0.4, -0.2) is 37.6 Å². The number of rotatable bonds is 6. The van der Waals surface area contributed by atoms with Gasteiger partial charge in [0, 0.05) is 10.6 Å². The molecule has 0 aliphatic heterocycles. The number of ether oxygens (including phenoxy) is 1. The molecular formula is C17H17ClN4O2S. The molecule has 0 aliphatic carbocycles. The molecule has 0 spiro atoms. The molecule has 1 aromatic carbocycles. The van der Waals surface area contributed by atoms with Crippen LogP contribution in [0.4, 0.5) is 0 Å². The van der Waals surface area contributed by atoms with Crippen LogP contribution in [0.5, 0.6) is 0 Å². The summed E-state index contributed by atoms with van der Waals surface area (Å²) in [5.74, 6) is 0.400. The topological polar surface area (TPSA) is 69.4 Å². The van der Waals surface area contributed by atoms with E-state index in [0.717, 1.165) is 5.56 Å². The second kappa shape index (κ2) is 7.84. The minimum Gasteiger partial charge on any atom is -0.465 e. The molecule has 1 unspecified atom stereocenters. The summed E-state index contributed by atoms with van der Waals surface area (Å²) in [5, 5.41) is 14.0. The van der Waals surface area contributed by atoms with Gasteiger partial charge in [0.1, 0.15) is 10.3 Å². The fourth-order valence-electron chi connectivity index (χ4n) is 2.29. The number of nitrogens with zero attached hydrogens (tertiary/aromatic N) is 4. The normalized spacial score (nSPS) is 12.3. The average molecular weight is 377 g/mol. The number of hydrogen-bond donors (Lipinski definition) is 0. The van der Waals surface area contributed by atoms with E-state index in [2.05, 4.69) is 15.3 Å². The van der Waals surface area contributed by atoms with Crippen LogP contribution in [0.2, 0.25) is 5.02 Å². The highest BCUT2D eigenvalue weighted by Crippen LogP contribution is 2.26. The van der Waals surface area contributed by atoms with Crippen molar-refractivity contribution in [2.24, 2.45) is 0 Å². The maximum atomic E-state index is 12.0. The Labute approximate surface area is 154 Å². The number of thioether (sulfide) groups is 1. The lowest BCUT2D eigenvalue weighted by Gasteiger charge is -2.12. The standard InChI is InChI=1S/C17H17ClN4O2S/c1-3-13(17(23)24-4-2)25-15-10-9-14-19-20-16(22(14)21-15)11-5-7-12(18)8-6-11/h5-10,13H,3-4H2,1-2H3. The highest BCUT2D eigenvalue weighted by molar-refractivity contribution is 8.00. The minimum atomic E-state index is -0.291. The van der Waals surface area contributed by atoms with Crippen molar-refractivity contribution < 1.29 is 9.53 Å². The van der Waals surface area contributed by atoms with Gasteiger partial charge < -0.3 is 4.74 Å². The van der Waals surface area contributed by atoms with Crippen molar-refractivity contribution in [3.63, 3.8) is 0 Å². The summed E-state index contributed by atoms with van der Waals surface area (Å²) in [7, 11) is 0. The predicted octanol–water partition coefficient (Wildman–Crippen LogP) is 3.88. The summed E-state index contributed by atoms with van der Waals surface area (Å²) in [6, 6.07) is 11.0. The molecule has 3 aromatic rings. The number of fused-ring (bicyclic) bond motifs is 1. The summed E-state index contributed by atoms with van der Waals surface area (Å²) in [6.45, 7) is 4.12. The van der Waals surface area contributed by atoms with Crippen LogP contribution in [0.1, 0.15) is 20.3 Å². The van der Waals surface area contributed by atoms with Gasteiger partial charge in [0.2, 0.25) is 0 Å². The largest absolute Gasteiger partial charge is 0.465 e. The Morgan fingerprint density at radius 2 is 1.96 bits per heavy atom. The molecule has 0 fully saturated rings. The van der Waals surface area contributed by atoms with E-state index in [1.807, 2.05) is 31.2 Å². The Bertz CT molecular complexity index is 882. The molecule has 0 saturated carbocycles. The summed E-state index contributed by atoms with van der Waals surface area (Å²) in [5.41, 5.74) is 1.50. The maximum Gasteiger partial charge on any atom is 0.319 e. The molecule has 0 radical (unpaired) electrons. The molecule has 2 aromatic heterocycles. The number of carbonyl (C=O) groups excluding carboxylic acids is 1. The number of hydrogen-bond acceptors (Lipinski definition) is 6. The Morgan fingerprint density at radius 1 is 1.20 bits per heavy atom. The van der Waals surface area contributed by atoms with Gasteiger partial charge >= 0.3 is 5.97 Å². The Morgan fingerprint density at radius 3 is 2.64 bits per heavy atom. The minimum absolute atomic E-state index is 0.224. The lowest BCUT2D eigenvalue weighted by atomic mass is 10.2. The zero-order chi connectivity index (χ0) is 17.8. The van der Waals surface area contributed by atoms with Crippen LogP contribution >= 0.6 is 23.4 Å². The van der Waals surface area contributed by atoms with Crippen LogP contribution in [0.15, 0.2) is 41.4 Å². The van der Waals surface area contributed by atoms with Crippen LogP contribution in [-0.2, 0) is 9.53 Å². The van der Waals surface area contributed by atoms with Gasteiger partial charge in [-0.15, -0.1) is 10.2 Å². The van der Waals surface area contributed by atoms with E-state index in [-0.39, 0.29) is 11.2 Å². The van der Waals surface area contributed by atoms with E-state index in [0.29, 0.717) is 34.5 Å². The quantitative estimate of drug-likeness (QED) is 0.480. The molecule has 3 rings (SSSR count). The van der Waals surface area contributed by atoms with Gasteiger partial charge in [-0.05, 0) is 49.7 Å². The maximum absolute atomic E-state index is 12.0. The molecule has 6 nitrogen and oxygen atoms in total. The molecule has 0 N–H and O–H groups in total. The van der Waals surface area contributed by atoms with Crippen LogP contribution in [0, 0.1) is 0 Å². The van der Waals surface area contributed by atoms with Crippen molar-refractivity contribution in [1.29, 1.82) is 0 Å². The van der Waals surface area contributed by atoms with Crippen molar-refractivity contribution in [1.82, 2.24) is 19.8 Å². The zero-order valence-electron chi connectivity index (χ0n) is 13.8. The van der Waals surface area contributed by atoms with Crippen molar-refractivity contribution in [2.45, 2.75) is 30.5 Å². The third kappa shape index (κ3) is 3.93. The summed E-state index contributed by atoms with van der Waals surface area (Å²) in [4.78, 5) is 12.0. The number of aromatic nitrogens is 4. The fraction of sp³-hybridized carbons (Fsp3) is 0.294. The lowest BCUT2D eigenvalue weighted by molar-refractivity contribution is -0.142. The van der Waals surface area contributed by atoms with Crippen LogP contribution < -0.4 is 0 Å². The second-order valence-corrected chi connectivity index (χ2v) is 6.90. The van der Waals surface area contributed by atoms with Gasteiger partial charge in [0.05, 0.1) is 6.61 Å². The van der Waals surface area contributed by atoms with Crippen molar-refractivity contribution in [3.05, 3.63) is 41.4 Å². The van der Waals surface area contributed by atoms with E-state index in [1.54, 1.807) is 23.6 Å². The fourth-order valence-corrected chi connectivity index (χ4v) is 3.32. The molecule has 8 heteroatoms. The van der Waals surface area contributed by atoms with Crippen molar-refractivity contribution in [3.8, 4) is 11.4 Å². The second-order valence-electron chi connectivity index (χ2n) is 5.24. The number of benzene rings is 1. The first-order chi connectivity index (χ1) is 12.1. The van der Waals surface area contributed by atoms with Crippen molar-refractivity contribution >= 4 is 35.0 Å². The molecule has 25 heavy (non-hydrogen) atoms. The van der Waals surface area contributed by atoms with Crippen LogP contribution in [0.3, 0.4) is 0 Å². The van der Waals surface area contributed by atoms with Gasteiger partial charge in [0.25, 0.3) is 0 Å². The van der Waals surface area contributed by atoms with Gasteiger partial charge in [0.15, 0.2) is 11.5 Å². The van der Waals surface area contributed by atoms with Crippen LogP contribution in [0.25, 0.3) is 17.0 Å².